The standard InChI is InChI=1S/C21H20N4/c1-15-4-7-18(8-5-15)22-23-19-9-11-20(12-10-19)24-25-21-13-6-16(2)14-17(21)3/h4-14H,1-3H3/b23-22?,25-24-. The highest BCUT2D eigenvalue weighted by Gasteiger charge is 1.97. The van der Waals surface area contributed by atoms with Gasteiger partial charge in [-0.15, -0.1) is 0 Å². The molecular formula is C21H20N4. The highest BCUT2D eigenvalue weighted by atomic mass is 15.1. The van der Waals surface area contributed by atoms with Gasteiger partial charge < -0.3 is 0 Å². The van der Waals surface area contributed by atoms with Crippen LogP contribution in [0.25, 0.3) is 0 Å². The first-order valence-corrected chi connectivity index (χ1v) is 8.18. The second kappa shape index (κ2) is 7.62. The molecule has 0 saturated carbocycles. The maximum absolute atomic E-state index is 4.32. The van der Waals surface area contributed by atoms with Crippen LogP contribution in [-0.4, -0.2) is 0 Å². The Morgan fingerprint density at radius 1 is 0.480 bits per heavy atom. The zero-order valence-corrected chi connectivity index (χ0v) is 14.6. The van der Waals surface area contributed by atoms with E-state index in [1.54, 1.807) is 0 Å². The van der Waals surface area contributed by atoms with Crippen molar-refractivity contribution in [2.24, 2.45) is 20.5 Å². The summed E-state index contributed by atoms with van der Waals surface area (Å²) in [4.78, 5) is 0. The molecule has 0 spiro atoms. The first kappa shape index (κ1) is 16.7. The zero-order valence-electron chi connectivity index (χ0n) is 14.6. The molecule has 0 heterocycles. The fourth-order valence-electron chi connectivity index (χ4n) is 2.34. The smallest absolute Gasteiger partial charge is 0.0886 e. The molecule has 0 aliphatic carbocycles. The molecule has 4 heteroatoms. The molecule has 0 unspecified atom stereocenters. The summed E-state index contributed by atoms with van der Waals surface area (Å²) >= 11 is 0. The number of aryl methyl sites for hydroxylation is 3. The Kier molecular flexibility index (Phi) is 5.09. The molecule has 0 radical (unpaired) electrons. The summed E-state index contributed by atoms with van der Waals surface area (Å²) in [6.45, 7) is 6.15. The van der Waals surface area contributed by atoms with Crippen molar-refractivity contribution in [2.75, 3.05) is 0 Å². The van der Waals surface area contributed by atoms with Crippen LogP contribution in [0.1, 0.15) is 16.7 Å². The average molecular weight is 328 g/mol. The van der Waals surface area contributed by atoms with E-state index in [1.807, 2.05) is 74.5 Å². The van der Waals surface area contributed by atoms with E-state index in [-0.39, 0.29) is 0 Å². The molecule has 0 saturated heterocycles. The van der Waals surface area contributed by atoms with Gasteiger partial charge in [-0.2, -0.15) is 20.5 Å². The van der Waals surface area contributed by atoms with Crippen molar-refractivity contribution in [3.63, 3.8) is 0 Å². The van der Waals surface area contributed by atoms with Gasteiger partial charge in [-0.3, -0.25) is 0 Å². The molecule has 25 heavy (non-hydrogen) atoms. The molecule has 4 nitrogen and oxygen atoms in total. The van der Waals surface area contributed by atoms with Gasteiger partial charge in [0.25, 0.3) is 0 Å². The fourth-order valence-corrected chi connectivity index (χ4v) is 2.34. The summed E-state index contributed by atoms with van der Waals surface area (Å²) in [6, 6.07) is 21.6. The lowest BCUT2D eigenvalue weighted by Crippen LogP contribution is -1.76. The van der Waals surface area contributed by atoms with Gasteiger partial charge >= 0.3 is 0 Å². The molecular weight excluding hydrogens is 308 g/mol. The van der Waals surface area contributed by atoms with Gasteiger partial charge in [0.05, 0.1) is 22.7 Å². The van der Waals surface area contributed by atoms with Gasteiger partial charge in [-0.25, -0.2) is 0 Å². The van der Waals surface area contributed by atoms with Gasteiger partial charge in [-0.1, -0.05) is 35.4 Å². The summed E-state index contributed by atoms with van der Waals surface area (Å²) in [5.74, 6) is 0. The van der Waals surface area contributed by atoms with E-state index < -0.39 is 0 Å². The second-order valence-electron chi connectivity index (χ2n) is 6.04. The van der Waals surface area contributed by atoms with E-state index in [4.69, 9.17) is 0 Å². The minimum atomic E-state index is 0.783. The van der Waals surface area contributed by atoms with Gasteiger partial charge in [0.2, 0.25) is 0 Å². The summed E-state index contributed by atoms with van der Waals surface area (Å²) in [5, 5.41) is 17.1. The van der Waals surface area contributed by atoms with Gasteiger partial charge in [-0.05, 0) is 68.8 Å². The van der Waals surface area contributed by atoms with Crippen LogP contribution >= 0.6 is 0 Å². The van der Waals surface area contributed by atoms with Crippen LogP contribution in [0.4, 0.5) is 22.7 Å². The van der Waals surface area contributed by atoms with Gasteiger partial charge in [0, 0.05) is 0 Å². The average Bonchev–Trinajstić information content (AvgIpc) is 2.61. The number of hydrogen-bond donors (Lipinski definition) is 0. The first-order chi connectivity index (χ1) is 12.1. The normalized spacial score (nSPS) is 11.5. The third-order valence-electron chi connectivity index (χ3n) is 3.79. The molecule has 0 amide bonds. The maximum atomic E-state index is 4.32. The molecule has 3 rings (SSSR count). The Hall–Kier alpha value is -3.14. The van der Waals surface area contributed by atoms with Crippen molar-refractivity contribution < 1.29 is 0 Å². The summed E-state index contributed by atoms with van der Waals surface area (Å²) in [6.07, 6.45) is 0. The molecule has 0 aliphatic rings. The highest BCUT2D eigenvalue weighted by molar-refractivity contribution is 5.50. The van der Waals surface area contributed by atoms with Crippen LogP contribution in [-0.2, 0) is 0 Å². The number of rotatable bonds is 4. The van der Waals surface area contributed by atoms with Gasteiger partial charge in [0.15, 0.2) is 0 Å². The highest BCUT2D eigenvalue weighted by Crippen LogP contribution is 2.25. The number of azo groups is 2. The van der Waals surface area contributed by atoms with Crippen molar-refractivity contribution in [1.29, 1.82) is 0 Å². The van der Waals surface area contributed by atoms with Crippen LogP contribution in [0.2, 0.25) is 0 Å². The number of hydrogen-bond acceptors (Lipinski definition) is 4. The van der Waals surface area contributed by atoms with E-state index in [2.05, 4.69) is 33.4 Å². The Bertz CT molecular complexity index is 908. The zero-order chi connectivity index (χ0) is 17.6. The summed E-state index contributed by atoms with van der Waals surface area (Å²) in [5.41, 5.74) is 6.84. The topological polar surface area (TPSA) is 49.4 Å². The monoisotopic (exact) mass is 328 g/mol. The number of benzene rings is 3. The summed E-state index contributed by atoms with van der Waals surface area (Å²) in [7, 11) is 0. The molecule has 0 bridgehead atoms. The quantitative estimate of drug-likeness (QED) is 0.447. The van der Waals surface area contributed by atoms with E-state index >= 15 is 0 Å². The second-order valence-corrected chi connectivity index (χ2v) is 6.04. The van der Waals surface area contributed by atoms with Crippen LogP contribution in [0, 0.1) is 20.8 Å². The van der Waals surface area contributed by atoms with Crippen LogP contribution < -0.4 is 0 Å². The molecule has 0 aromatic heterocycles. The molecule has 0 aliphatic heterocycles. The lowest BCUT2D eigenvalue weighted by atomic mass is 10.1. The minimum Gasteiger partial charge on any atom is -0.151 e. The van der Waals surface area contributed by atoms with Crippen molar-refractivity contribution >= 4 is 22.7 Å². The third-order valence-corrected chi connectivity index (χ3v) is 3.79. The first-order valence-electron chi connectivity index (χ1n) is 8.18. The molecule has 3 aromatic rings. The largest absolute Gasteiger partial charge is 0.151 e. The molecule has 0 fully saturated rings. The van der Waals surface area contributed by atoms with Crippen molar-refractivity contribution in [2.45, 2.75) is 20.8 Å². The predicted octanol–water partition coefficient (Wildman–Crippen LogP) is 7.44. The van der Waals surface area contributed by atoms with E-state index in [1.165, 1.54) is 11.1 Å². The molecule has 3 aromatic carbocycles. The van der Waals surface area contributed by atoms with E-state index in [9.17, 15) is 0 Å². The van der Waals surface area contributed by atoms with Crippen LogP contribution in [0.5, 0.6) is 0 Å². The lowest BCUT2D eigenvalue weighted by molar-refractivity contribution is 1.19. The molecule has 124 valence electrons. The van der Waals surface area contributed by atoms with Crippen LogP contribution in [0.3, 0.4) is 0 Å². The third kappa shape index (κ3) is 4.67. The Labute approximate surface area is 148 Å². The Balaban J connectivity index is 1.69. The maximum Gasteiger partial charge on any atom is 0.0886 e. The van der Waals surface area contributed by atoms with E-state index in [0.717, 1.165) is 28.3 Å². The molecule has 0 atom stereocenters. The van der Waals surface area contributed by atoms with Gasteiger partial charge in [0.1, 0.15) is 0 Å². The Morgan fingerprint density at radius 2 is 0.920 bits per heavy atom. The predicted molar refractivity (Wildman–Crippen MR) is 102 cm³/mol. The van der Waals surface area contributed by atoms with E-state index in [0.29, 0.717) is 0 Å². The summed E-state index contributed by atoms with van der Waals surface area (Å²) < 4.78 is 0. The van der Waals surface area contributed by atoms with Crippen molar-refractivity contribution in [1.82, 2.24) is 0 Å². The minimum absolute atomic E-state index is 0.783. The van der Waals surface area contributed by atoms with Crippen molar-refractivity contribution in [3.8, 4) is 0 Å². The molecule has 0 N–H and O–H groups in total. The lowest BCUT2D eigenvalue weighted by Gasteiger charge is -2.00. The fraction of sp³-hybridized carbons (Fsp3) is 0.143. The SMILES string of the molecule is Cc1ccc(N=Nc2ccc(/N=N\c3ccc(C)cc3C)cc2)cc1. The Morgan fingerprint density at radius 3 is 1.44 bits per heavy atom. The van der Waals surface area contributed by atoms with Crippen LogP contribution in [0.15, 0.2) is 87.2 Å². The number of nitrogens with zero attached hydrogens (tertiary/aromatic N) is 4. The van der Waals surface area contributed by atoms with Crippen molar-refractivity contribution in [3.05, 3.63) is 83.4 Å².